The van der Waals surface area contributed by atoms with Gasteiger partial charge in [0.1, 0.15) is 0 Å². The molecular weight excluding hydrogens is 355 g/mol. The molecule has 1 unspecified atom stereocenters. The number of Topliss-reactive ketones (excluding diaryl/α,β-unsaturated/α-hetero) is 1. The minimum Gasteiger partial charge on any atom is -0.293 e. The zero-order valence-electron chi connectivity index (χ0n) is 9.47. The number of hydrogen-bond donors (Lipinski definition) is 0. The first-order valence-corrected chi connectivity index (χ1v) is 6.71. The van der Waals surface area contributed by atoms with Gasteiger partial charge in [0, 0.05) is 16.0 Å². The third-order valence-electron chi connectivity index (χ3n) is 2.11. The Hall–Kier alpha value is -0.630. The summed E-state index contributed by atoms with van der Waals surface area (Å²) in [6.07, 6.45) is -2.89. The van der Waals surface area contributed by atoms with Crippen molar-refractivity contribution in [1.29, 1.82) is 0 Å². The van der Waals surface area contributed by atoms with Crippen LogP contribution in [0.25, 0.3) is 0 Å². The lowest BCUT2D eigenvalue weighted by Gasteiger charge is -2.13. The van der Waals surface area contributed by atoms with Crippen LogP contribution in [0.5, 0.6) is 0 Å². The molecule has 1 nitrogen and oxygen atoms in total. The molecule has 0 heterocycles. The lowest BCUT2D eigenvalue weighted by atomic mass is 10.1. The average molecular weight is 363 g/mol. The van der Waals surface area contributed by atoms with Crippen molar-refractivity contribution in [2.24, 2.45) is 0 Å². The highest BCUT2D eigenvalue weighted by Gasteiger charge is 2.32. The van der Waals surface area contributed by atoms with Crippen molar-refractivity contribution in [3.63, 3.8) is 0 Å². The van der Waals surface area contributed by atoms with E-state index in [9.17, 15) is 26.7 Å². The summed E-state index contributed by atoms with van der Waals surface area (Å²) < 4.78 is 62.1. The monoisotopic (exact) mass is 362 g/mol. The van der Waals surface area contributed by atoms with E-state index in [1.807, 2.05) is 0 Å². The van der Waals surface area contributed by atoms with Gasteiger partial charge < -0.3 is 0 Å². The summed E-state index contributed by atoms with van der Waals surface area (Å²) in [5.41, 5.74) is -5.42. The Kier molecular flexibility index (Phi) is 5.37. The second-order valence-electron chi connectivity index (χ2n) is 3.58. The second kappa shape index (κ2) is 6.21. The van der Waals surface area contributed by atoms with Crippen LogP contribution in [0.1, 0.15) is 29.3 Å². The summed E-state index contributed by atoms with van der Waals surface area (Å²) in [6.45, 7) is 1.45. The van der Waals surface area contributed by atoms with Crippen LogP contribution in [-0.4, -0.2) is 16.1 Å². The zero-order chi connectivity index (χ0) is 14.8. The molecule has 0 spiro atoms. The fourth-order valence-electron chi connectivity index (χ4n) is 1.30. The van der Waals surface area contributed by atoms with E-state index >= 15 is 0 Å². The van der Waals surface area contributed by atoms with Crippen LogP contribution in [0.15, 0.2) is 23.1 Å². The highest BCUT2D eigenvalue weighted by Crippen LogP contribution is 2.40. The van der Waals surface area contributed by atoms with Crippen molar-refractivity contribution in [3.05, 3.63) is 29.3 Å². The average Bonchev–Trinajstić information content (AvgIpc) is 2.25. The largest absolute Gasteiger partial charge is 0.446 e. The first-order valence-electron chi connectivity index (χ1n) is 4.98. The SMILES string of the molecule is CC(Br)C(=O)c1ccc(C(F)F)cc1SC(F)(F)F. The summed E-state index contributed by atoms with van der Waals surface area (Å²) in [5.74, 6) is -0.590. The molecule has 0 aliphatic rings. The number of rotatable bonds is 4. The van der Waals surface area contributed by atoms with E-state index in [0.29, 0.717) is 6.07 Å². The maximum Gasteiger partial charge on any atom is 0.446 e. The lowest BCUT2D eigenvalue weighted by molar-refractivity contribution is -0.0328. The van der Waals surface area contributed by atoms with E-state index in [-0.39, 0.29) is 5.56 Å². The van der Waals surface area contributed by atoms with Gasteiger partial charge in [-0.15, -0.1) is 0 Å². The molecule has 1 rings (SSSR count). The van der Waals surface area contributed by atoms with Gasteiger partial charge in [0.2, 0.25) is 0 Å². The highest BCUT2D eigenvalue weighted by atomic mass is 79.9. The van der Waals surface area contributed by atoms with Crippen LogP contribution >= 0.6 is 27.7 Å². The Balaban J connectivity index is 3.26. The number of thioether (sulfide) groups is 1. The quantitative estimate of drug-likeness (QED) is 0.317. The van der Waals surface area contributed by atoms with Gasteiger partial charge >= 0.3 is 5.51 Å². The van der Waals surface area contributed by atoms with Crippen LogP contribution in [0.4, 0.5) is 22.0 Å². The minimum atomic E-state index is -4.65. The fraction of sp³-hybridized carbons (Fsp3) is 0.364. The van der Waals surface area contributed by atoms with E-state index < -0.39 is 44.8 Å². The van der Waals surface area contributed by atoms with Gasteiger partial charge in [-0.1, -0.05) is 22.0 Å². The minimum absolute atomic E-state index is 0.226. The Labute approximate surface area is 118 Å². The molecule has 0 fully saturated rings. The van der Waals surface area contributed by atoms with Gasteiger partial charge in [-0.3, -0.25) is 4.79 Å². The topological polar surface area (TPSA) is 17.1 Å². The van der Waals surface area contributed by atoms with Gasteiger partial charge in [0.25, 0.3) is 6.43 Å². The molecule has 0 amide bonds. The maximum absolute atomic E-state index is 12.5. The predicted molar refractivity (Wildman–Crippen MR) is 66.0 cm³/mol. The van der Waals surface area contributed by atoms with E-state index in [4.69, 9.17) is 0 Å². The lowest BCUT2D eigenvalue weighted by Crippen LogP contribution is -2.13. The van der Waals surface area contributed by atoms with Gasteiger partial charge in [0.05, 0.1) is 4.83 Å². The number of benzene rings is 1. The third kappa shape index (κ3) is 4.76. The number of carbonyl (C=O) groups excluding carboxylic acids is 1. The Morgan fingerprint density at radius 2 is 1.89 bits per heavy atom. The van der Waals surface area contributed by atoms with Crippen molar-refractivity contribution < 1.29 is 26.7 Å². The first kappa shape index (κ1) is 16.4. The van der Waals surface area contributed by atoms with E-state index in [2.05, 4.69) is 15.9 Å². The standard InChI is InChI=1S/C11H8BrF5OS/c1-5(12)9(18)7-3-2-6(10(13)14)4-8(7)19-11(15,16)17/h2-5,10H,1H3. The molecule has 0 bridgehead atoms. The molecule has 0 N–H and O–H groups in total. The van der Waals surface area contributed by atoms with Crippen LogP contribution in [0.2, 0.25) is 0 Å². The van der Waals surface area contributed by atoms with Crippen molar-refractivity contribution in [3.8, 4) is 0 Å². The normalized spacial score (nSPS) is 13.7. The summed E-state index contributed by atoms with van der Waals surface area (Å²) in [7, 11) is 0. The molecule has 19 heavy (non-hydrogen) atoms. The molecule has 0 aliphatic heterocycles. The van der Waals surface area contributed by atoms with Crippen molar-refractivity contribution in [2.45, 2.75) is 28.6 Å². The Bertz CT molecular complexity index is 473. The van der Waals surface area contributed by atoms with Crippen molar-refractivity contribution in [2.75, 3.05) is 0 Å². The van der Waals surface area contributed by atoms with E-state index in [1.165, 1.54) is 6.92 Å². The molecule has 106 valence electrons. The number of halogens is 6. The molecule has 1 atom stereocenters. The molecule has 0 aromatic heterocycles. The highest BCUT2D eigenvalue weighted by molar-refractivity contribution is 9.10. The first-order chi connectivity index (χ1) is 8.61. The van der Waals surface area contributed by atoms with E-state index in [1.54, 1.807) is 0 Å². The van der Waals surface area contributed by atoms with Crippen molar-refractivity contribution >= 4 is 33.5 Å². The Morgan fingerprint density at radius 3 is 2.32 bits per heavy atom. The Morgan fingerprint density at radius 1 is 1.32 bits per heavy atom. The molecule has 8 heteroatoms. The molecule has 1 aromatic rings. The third-order valence-corrected chi connectivity index (χ3v) is 3.32. The summed E-state index contributed by atoms with van der Waals surface area (Å²) >= 11 is 2.38. The molecule has 0 saturated carbocycles. The molecule has 0 radical (unpaired) electrons. The van der Waals surface area contributed by atoms with Crippen LogP contribution in [0.3, 0.4) is 0 Å². The number of carbonyl (C=O) groups is 1. The fourth-order valence-corrected chi connectivity index (χ4v) is 2.27. The smallest absolute Gasteiger partial charge is 0.293 e. The zero-order valence-corrected chi connectivity index (χ0v) is 11.9. The number of hydrogen-bond acceptors (Lipinski definition) is 2. The van der Waals surface area contributed by atoms with Gasteiger partial charge in [-0.2, -0.15) is 13.2 Å². The van der Waals surface area contributed by atoms with Gasteiger partial charge in [0.15, 0.2) is 5.78 Å². The van der Waals surface area contributed by atoms with Gasteiger partial charge in [-0.05, 0) is 30.8 Å². The van der Waals surface area contributed by atoms with Crippen LogP contribution in [0, 0.1) is 0 Å². The van der Waals surface area contributed by atoms with Crippen molar-refractivity contribution in [1.82, 2.24) is 0 Å². The summed E-state index contributed by atoms with van der Waals surface area (Å²) in [5, 5.41) is 0. The maximum atomic E-state index is 12.5. The second-order valence-corrected chi connectivity index (χ2v) is 6.06. The van der Waals surface area contributed by atoms with Crippen LogP contribution in [-0.2, 0) is 0 Å². The molecule has 0 saturated heterocycles. The predicted octanol–water partition coefficient (Wildman–Crippen LogP) is 5.20. The number of ketones is 1. The number of alkyl halides is 6. The summed E-state index contributed by atoms with van der Waals surface area (Å²) in [4.78, 5) is 10.5. The van der Waals surface area contributed by atoms with E-state index in [0.717, 1.165) is 12.1 Å². The molecular formula is C11H8BrF5OS. The summed E-state index contributed by atoms with van der Waals surface area (Å²) in [6, 6.07) is 2.65. The van der Waals surface area contributed by atoms with Crippen LogP contribution < -0.4 is 0 Å². The van der Waals surface area contributed by atoms with Gasteiger partial charge in [-0.25, -0.2) is 8.78 Å². The molecule has 1 aromatic carbocycles. The molecule has 0 aliphatic carbocycles.